The summed E-state index contributed by atoms with van der Waals surface area (Å²) in [4.78, 5) is 10.7. The molecule has 76 valence electrons. The molecule has 14 heavy (non-hydrogen) atoms. The van der Waals surface area contributed by atoms with Crippen molar-refractivity contribution < 1.29 is 14.3 Å². The molecule has 0 saturated heterocycles. The monoisotopic (exact) mass is 197 g/mol. The molecule has 0 fully saturated rings. The summed E-state index contributed by atoms with van der Waals surface area (Å²) in [6.45, 7) is 2.97. The van der Waals surface area contributed by atoms with E-state index in [-0.39, 0.29) is 5.56 Å². The first-order valence-corrected chi connectivity index (χ1v) is 4.22. The van der Waals surface area contributed by atoms with Gasteiger partial charge in [0.25, 0.3) is 0 Å². The van der Waals surface area contributed by atoms with E-state index in [2.05, 4.69) is 0 Å². The Hall–Kier alpha value is -1.58. The van der Waals surface area contributed by atoms with E-state index < -0.39 is 17.7 Å². The van der Waals surface area contributed by atoms with Crippen molar-refractivity contribution in [2.45, 2.75) is 19.8 Å². The van der Waals surface area contributed by atoms with Crippen molar-refractivity contribution in [1.82, 2.24) is 0 Å². The van der Waals surface area contributed by atoms with Gasteiger partial charge in [-0.15, -0.1) is 0 Å². The van der Waals surface area contributed by atoms with Gasteiger partial charge in [0.2, 0.25) is 0 Å². The van der Waals surface area contributed by atoms with Crippen LogP contribution in [0.5, 0.6) is 0 Å². The van der Waals surface area contributed by atoms with E-state index in [0.717, 1.165) is 0 Å². The van der Waals surface area contributed by atoms with Gasteiger partial charge < -0.3 is 10.8 Å². The van der Waals surface area contributed by atoms with Crippen molar-refractivity contribution in [3.05, 3.63) is 29.1 Å². The Balaban J connectivity index is 3.24. The van der Waals surface area contributed by atoms with Gasteiger partial charge >= 0.3 is 5.97 Å². The quantitative estimate of drug-likeness (QED) is 0.712. The molecule has 3 nitrogen and oxygen atoms in total. The second kappa shape index (κ2) is 3.65. The number of anilines is 1. The standard InChI is InChI=1S/C10H12FNO2/c1-5(10(13)14)7-3-4-8(12)6(2)9(7)11/h3-5H,12H2,1-2H3,(H,13,14). The highest BCUT2D eigenvalue weighted by molar-refractivity contribution is 5.76. The number of nitrogens with two attached hydrogens (primary N) is 1. The number of benzene rings is 1. The molecule has 0 amide bonds. The van der Waals surface area contributed by atoms with E-state index in [4.69, 9.17) is 10.8 Å². The minimum atomic E-state index is -1.05. The van der Waals surface area contributed by atoms with Crippen LogP contribution >= 0.6 is 0 Å². The van der Waals surface area contributed by atoms with Crippen molar-refractivity contribution in [3.63, 3.8) is 0 Å². The third-order valence-electron chi connectivity index (χ3n) is 2.30. The number of halogens is 1. The molecule has 1 rings (SSSR count). The van der Waals surface area contributed by atoms with Gasteiger partial charge in [0, 0.05) is 16.8 Å². The van der Waals surface area contributed by atoms with Crippen LogP contribution in [0.3, 0.4) is 0 Å². The van der Waals surface area contributed by atoms with E-state index in [1.807, 2.05) is 0 Å². The Morgan fingerprint density at radius 3 is 2.64 bits per heavy atom. The molecule has 0 heterocycles. The fourth-order valence-electron chi connectivity index (χ4n) is 1.19. The molecule has 0 saturated carbocycles. The molecule has 0 aliphatic heterocycles. The molecule has 1 unspecified atom stereocenters. The molecule has 3 N–H and O–H groups in total. The maximum absolute atomic E-state index is 13.5. The molecule has 1 atom stereocenters. The van der Waals surface area contributed by atoms with Gasteiger partial charge in [0.15, 0.2) is 0 Å². The lowest BCUT2D eigenvalue weighted by Crippen LogP contribution is -2.10. The number of aliphatic carboxylic acids is 1. The summed E-state index contributed by atoms with van der Waals surface area (Å²) in [7, 11) is 0. The summed E-state index contributed by atoms with van der Waals surface area (Å²) in [6.07, 6.45) is 0. The van der Waals surface area contributed by atoms with Crippen molar-refractivity contribution >= 4 is 11.7 Å². The molecule has 0 radical (unpaired) electrons. The van der Waals surface area contributed by atoms with Gasteiger partial charge in [-0.1, -0.05) is 6.07 Å². The maximum atomic E-state index is 13.5. The molecule has 0 aromatic heterocycles. The van der Waals surface area contributed by atoms with Gasteiger partial charge in [-0.3, -0.25) is 4.79 Å². The Morgan fingerprint density at radius 1 is 1.57 bits per heavy atom. The van der Waals surface area contributed by atoms with Gasteiger partial charge in [-0.2, -0.15) is 0 Å². The molecule has 1 aromatic rings. The van der Waals surface area contributed by atoms with Gasteiger partial charge in [0.05, 0.1) is 5.92 Å². The predicted octanol–water partition coefficient (Wildman–Crippen LogP) is 1.90. The van der Waals surface area contributed by atoms with Crippen molar-refractivity contribution in [2.24, 2.45) is 0 Å². The SMILES string of the molecule is Cc1c(N)ccc(C(C)C(=O)O)c1F. The molecule has 0 aliphatic rings. The lowest BCUT2D eigenvalue weighted by atomic mass is 9.98. The highest BCUT2D eigenvalue weighted by Crippen LogP contribution is 2.24. The Bertz CT molecular complexity index is 377. The van der Waals surface area contributed by atoms with E-state index in [9.17, 15) is 9.18 Å². The summed E-state index contributed by atoms with van der Waals surface area (Å²) in [5.74, 6) is -2.43. The van der Waals surface area contributed by atoms with Crippen LogP contribution < -0.4 is 5.73 Å². The molecule has 0 aliphatic carbocycles. The summed E-state index contributed by atoms with van der Waals surface area (Å²) in [5.41, 5.74) is 6.29. The van der Waals surface area contributed by atoms with Crippen LogP contribution in [0.15, 0.2) is 12.1 Å². The van der Waals surface area contributed by atoms with Gasteiger partial charge in [-0.05, 0) is 19.9 Å². The minimum Gasteiger partial charge on any atom is -0.481 e. The highest BCUT2D eigenvalue weighted by Gasteiger charge is 2.19. The fraction of sp³-hybridized carbons (Fsp3) is 0.300. The number of carboxylic acid groups (broad SMARTS) is 1. The van der Waals surface area contributed by atoms with E-state index in [1.165, 1.54) is 26.0 Å². The Labute approximate surface area is 81.4 Å². The second-order valence-corrected chi connectivity index (χ2v) is 3.24. The lowest BCUT2D eigenvalue weighted by Gasteiger charge is -2.11. The zero-order valence-electron chi connectivity index (χ0n) is 8.04. The van der Waals surface area contributed by atoms with Crippen LogP contribution in [0, 0.1) is 12.7 Å². The number of rotatable bonds is 2. The zero-order chi connectivity index (χ0) is 10.9. The number of hydrogen-bond acceptors (Lipinski definition) is 2. The Morgan fingerprint density at radius 2 is 2.14 bits per heavy atom. The number of nitrogen functional groups attached to an aromatic ring is 1. The van der Waals surface area contributed by atoms with Crippen molar-refractivity contribution in [3.8, 4) is 0 Å². The zero-order valence-corrected chi connectivity index (χ0v) is 8.04. The summed E-state index contributed by atoms with van der Waals surface area (Å²) >= 11 is 0. The first kappa shape index (κ1) is 10.5. The van der Waals surface area contributed by atoms with Crippen LogP contribution in [0.25, 0.3) is 0 Å². The van der Waals surface area contributed by atoms with Crippen LogP contribution in [0.1, 0.15) is 24.0 Å². The normalized spacial score (nSPS) is 12.5. The average Bonchev–Trinajstić information content (AvgIpc) is 2.13. The topological polar surface area (TPSA) is 63.3 Å². The summed E-state index contributed by atoms with van der Waals surface area (Å²) in [5, 5.41) is 8.72. The van der Waals surface area contributed by atoms with E-state index in [0.29, 0.717) is 11.3 Å². The third-order valence-corrected chi connectivity index (χ3v) is 2.30. The largest absolute Gasteiger partial charge is 0.481 e. The summed E-state index contributed by atoms with van der Waals surface area (Å²) in [6, 6.07) is 2.93. The first-order chi connectivity index (χ1) is 6.45. The van der Waals surface area contributed by atoms with Crippen molar-refractivity contribution in [1.29, 1.82) is 0 Å². The molecular weight excluding hydrogens is 185 g/mol. The number of hydrogen-bond donors (Lipinski definition) is 2. The highest BCUT2D eigenvalue weighted by atomic mass is 19.1. The van der Waals surface area contributed by atoms with Crippen LogP contribution in [0.4, 0.5) is 10.1 Å². The molecular formula is C10H12FNO2. The molecule has 0 bridgehead atoms. The van der Waals surface area contributed by atoms with Crippen LogP contribution in [-0.2, 0) is 4.79 Å². The Kier molecular flexibility index (Phi) is 2.74. The lowest BCUT2D eigenvalue weighted by molar-refractivity contribution is -0.138. The van der Waals surface area contributed by atoms with Crippen LogP contribution in [-0.4, -0.2) is 11.1 Å². The molecule has 1 aromatic carbocycles. The third kappa shape index (κ3) is 1.69. The van der Waals surface area contributed by atoms with Crippen LogP contribution in [0.2, 0.25) is 0 Å². The molecule has 4 heteroatoms. The second-order valence-electron chi connectivity index (χ2n) is 3.24. The van der Waals surface area contributed by atoms with Gasteiger partial charge in [-0.25, -0.2) is 4.39 Å². The molecule has 0 spiro atoms. The number of carbonyl (C=O) groups is 1. The smallest absolute Gasteiger partial charge is 0.310 e. The minimum absolute atomic E-state index is 0.171. The first-order valence-electron chi connectivity index (χ1n) is 4.22. The average molecular weight is 197 g/mol. The van der Waals surface area contributed by atoms with Crippen molar-refractivity contribution in [2.75, 3.05) is 5.73 Å². The van der Waals surface area contributed by atoms with E-state index in [1.54, 1.807) is 0 Å². The maximum Gasteiger partial charge on any atom is 0.310 e. The predicted molar refractivity (Wildman–Crippen MR) is 51.6 cm³/mol. The fourth-order valence-corrected chi connectivity index (χ4v) is 1.19. The van der Waals surface area contributed by atoms with E-state index >= 15 is 0 Å². The number of carboxylic acids is 1. The summed E-state index contributed by atoms with van der Waals surface area (Å²) < 4.78 is 13.5. The van der Waals surface area contributed by atoms with Gasteiger partial charge in [0.1, 0.15) is 5.82 Å².